The quantitative estimate of drug-likeness (QED) is 0.510. The number of carbonyl (C=O) groups is 1. The summed E-state index contributed by atoms with van der Waals surface area (Å²) in [5.74, 6) is 0.305. The van der Waals surface area contributed by atoms with E-state index in [2.05, 4.69) is 19.1 Å². The van der Waals surface area contributed by atoms with Gasteiger partial charge in [0, 0.05) is 12.8 Å². The van der Waals surface area contributed by atoms with Gasteiger partial charge in [-0.2, -0.15) is 0 Å². The zero-order valence-corrected chi connectivity index (χ0v) is 9.16. The van der Waals surface area contributed by atoms with Gasteiger partial charge < -0.3 is 4.74 Å². The summed E-state index contributed by atoms with van der Waals surface area (Å²) >= 11 is 0. The molecule has 0 N–H and O–H groups in total. The first-order chi connectivity index (χ1) is 6.74. The van der Waals surface area contributed by atoms with Crippen molar-refractivity contribution in [1.29, 1.82) is 0 Å². The van der Waals surface area contributed by atoms with Gasteiger partial charge in [-0.25, -0.2) is 0 Å². The molecule has 1 rings (SSSR count). The number of allylic oxidation sites excluding steroid dienone is 1. The minimum atomic E-state index is -0.146. The van der Waals surface area contributed by atoms with E-state index in [1.54, 1.807) is 0 Å². The maximum absolute atomic E-state index is 10.9. The fraction of sp³-hybridized carbons (Fsp3) is 0.750. The second-order valence-corrected chi connectivity index (χ2v) is 3.96. The summed E-state index contributed by atoms with van der Waals surface area (Å²) in [5.41, 5.74) is 0. The van der Waals surface area contributed by atoms with E-state index in [1.165, 1.54) is 19.8 Å². The predicted octanol–water partition coefficient (Wildman–Crippen LogP) is 3.07. The van der Waals surface area contributed by atoms with E-state index in [1.807, 2.05) is 0 Å². The minimum absolute atomic E-state index is 0.129. The van der Waals surface area contributed by atoms with E-state index in [0.29, 0.717) is 5.92 Å². The van der Waals surface area contributed by atoms with Gasteiger partial charge in [-0.3, -0.25) is 4.79 Å². The third-order valence-corrected chi connectivity index (χ3v) is 2.69. The maximum atomic E-state index is 10.9. The van der Waals surface area contributed by atoms with Gasteiger partial charge in [0.25, 0.3) is 0 Å². The van der Waals surface area contributed by atoms with Crippen LogP contribution in [0.2, 0.25) is 0 Å². The molecular weight excluding hydrogens is 176 g/mol. The van der Waals surface area contributed by atoms with Crippen molar-refractivity contribution in [3.05, 3.63) is 12.2 Å². The van der Waals surface area contributed by atoms with Gasteiger partial charge in [-0.1, -0.05) is 31.9 Å². The Morgan fingerprint density at radius 1 is 1.57 bits per heavy atom. The first kappa shape index (κ1) is 11.3. The van der Waals surface area contributed by atoms with Gasteiger partial charge in [0.05, 0.1) is 0 Å². The first-order valence-corrected chi connectivity index (χ1v) is 5.58. The van der Waals surface area contributed by atoms with Crippen molar-refractivity contribution in [1.82, 2.24) is 0 Å². The molecule has 0 aliphatic heterocycles. The molecule has 0 spiro atoms. The standard InChI is InChI=1S/C12H20O2/c1-3-4-7-11-8-5-6-9-12(11)14-10(2)13/h5,8,11-12H,3-4,6-7,9H2,1-2H3/t11-,12-/m0/s1. The van der Waals surface area contributed by atoms with E-state index < -0.39 is 0 Å². The summed E-state index contributed by atoms with van der Waals surface area (Å²) in [6.45, 7) is 3.68. The molecule has 1 aliphatic carbocycles. The molecule has 2 atom stereocenters. The van der Waals surface area contributed by atoms with Crippen molar-refractivity contribution >= 4 is 5.97 Å². The molecule has 0 unspecified atom stereocenters. The molecule has 0 heterocycles. The van der Waals surface area contributed by atoms with Gasteiger partial charge in [-0.15, -0.1) is 0 Å². The van der Waals surface area contributed by atoms with Gasteiger partial charge in [0.15, 0.2) is 0 Å². The summed E-state index contributed by atoms with van der Waals surface area (Å²) in [4.78, 5) is 10.9. The fourth-order valence-corrected chi connectivity index (χ4v) is 1.95. The summed E-state index contributed by atoms with van der Waals surface area (Å²) in [6.07, 6.45) is 10.1. The van der Waals surface area contributed by atoms with E-state index >= 15 is 0 Å². The van der Waals surface area contributed by atoms with Gasteiger partial charge >= 0.3 is 5.97 Å². The molecule has 80 valence electrons. The highest BCUT2D eigenvalue weighted by Gasteiger charge is 2.23. The van der Waals surface area contributed by atoms with Crippen molar-refractivity contribution in [3.63, 3.8) is 0 Å². The Hall–Kier alpha value is -0.790. The third kappa shape index (κ3) is 3.52. The topological polar surface area (TPSA) is 26.3 Å². The Morgan fingerprint density at radius 2 is 2.36 bits per heavy atom. The van der Waals surface area contributed by atoms with E-state index in [4.69, 9.17) is 4.74 Å². The highest BCUT2D eigenvalue weighted by Crippen LogP contribution is 2.25. The largest absolute Gasteiger partial charge is 0.462 e. The van der Waals surface area contributed by atoms with Crippen molar-refractivity contribution in [2.45, 2.75) is 52.1 Å². The third-order valence-electron chi connectivity index (χ3n) is 2.69. The van der Waals surface area contributed by atoms with Crippen LogP contribution in [0.15, 0.2) is 12.2 Å². The van der Waals surface area contributed by atoms with Gasteiger partial charge in [-0.05, 0) is 19.3 Å². The van der Waals surface area contributed by atoms with Crippen molar-refractivity contribution in [2.75, 3.05) is 0 Å². The average molecular weight is 196 g/mol. The molecule has 14 heavy (non-hydrogen) atoms. The summed E-state index contributed by atoms with van der Waals surface area (Å²) in [5, 5.41) is 0. The zero-order chi connectivity index (χ0) is 10.4. The number of hydrogen-bond donors (Lipinski definition) is 0. The van der Waals surface area contributed by atoms with E-state index in [-0.39, 0.29) is 12.1 Å². The lowest BCUT2D eigenvalue weighted by molar-refractivity contribution is -0.148. The van der Waals surface area contributed by atoms with Crippen molar-refractivity contribution in [2.24, 2.45) is 5.92 Å². The molecule has 0 bridgehead atoms. The lowest BCUT2D eigenvalue weighted by Crippen LogP contribution is -2.26. The lowest BCUT2D eigenvalue weighted by atomic mass is 9.88. The summed E-state index contributed by atoms with van der Waals surface area (Å²) in [6, 6.07) is 0. The van der Waals surface area contributed by atoms with Crippen LogP contribution in [0.3, 0.4) is 0 Å². The van der Waals surface area contributed by atoms with Gasteiger partial charge in [0.1, 0.15) is 6.10 Å². The monoisotopic (exact) mass is 196 g/mol. The molecule has 0 fully saturated rings. The Labute approximate surface area is 86.3 Å². The molecule has 1 aliphatic rings. The SMILES string of the molecule is CCCC[C@H]1C=CCC[C@@H]1OC(C)=O. The molecule has 0 saturated carbocycles. The zero-order valence-electron chi connectivity index (χ0n) is 9.16. The molecule has 0 aromatic carbocycles. The molecule has 0 aromatic rings. The Kier molecular flexibility index (Phi) is 4.71. The van der Waals surface area contributed by atoms with Crippen molar-refractivity contribution < 1.29 is 9.53 Å². The summed E-state index contributed by atoms with van der Waals surface area (Å²) < 4.78 is 5.31. The van der Waals surface area contributed by atoms with Crippen molar-refractivity contribution in [3.8, 4) is 0 Å². The van der Waals surface area contributed by atoms with E-state index in [9.17, 15) is 4.79 Å². The van der Waals surface area contributed by atoms with Crippen LogP contribution in [0.5, 0.6) is 0 Å². The number of rotatable bonds is 4. The predicted molar refractivity (Wildman–Crippen MR) is 56.9 cm³/mol. The molecule has 0 radical (unpaired) electrons. The minimum Gasteiger partial charge on any atom is -0.462 e. The maximum Gasteiger partial charge on any atom is 0.302 e. The average Bonchev–Trinajstić information content (AvgIpc) is 2.16. The highest BCUT2D eigenvalue weighted by molar-refractivity contribution is 5.66. The van der Waals surface area contributed by atoms with Crippen LogP contribution in [-0.4, -0.2) is 12.1 Å². The van der Waals surface area contributed by atoms with Crippen LogP contribution >= 0.6 is 0 Å². The van der Waals surface area contributed by atoms with E-state index in [0.717, 1.165) is 19.3 Å². The van der Waals surface area contributed by atoms with Crippen LogP contribution in [-0.2, 0) is 9.53 Å². The Morgan fingerprint density at radius 3 is 3.00 bits per heavy atom. The van der Waals surface area contributed by atoms with Crippen LogP contribution in [0.4, 0.5) is 0 Å². The second kappa shape index (κ2) is 5.84. The van der Waals surface area contributed by atoms with Gasteiger partial charge in [0.2, 0.25) is 0 Å². The number of carbonyl (C=O) groups excluding carboxylic acids is 1. The van der Waals surface area contributed by atoms with Crippen LogP contribution in [0.25, 0.3) is 0 Å². The number of hydrogen-bond acceptors (Lipinski definition) is 2. The Balaban J connectivity index is 2.44. The fourth-order valence-electron chi connectivity index (χ4n) is 1.95. The molecule has 0 amide bonds. The number of unbranched alkanes of at least 4 members (excludes halogenated alkanes) is 1. The number of esters is 1. The molecule has 2 nitrogen and oxygen atoms in total. The summed E-state index contributed by atoms with van der Waals surface area (Å²) in [7, 11) is 0. The highest BCUT2D eigenvalue weighted by atomic mass is 16.5. The molecule has 0 aromatic heterocycles. The normalized spacial score (nSPS) is 26.1. The molecule has 2 heteroatoms. The lowest BCUT2D eigenvalue weighted by Gasteiger charge is -2.26. The smallest absolute Gasteiger partial charge is 0.302 e. The van der Waals surface area contributed by atoms with Crippen LogP contribution in [0.1, 0.15) is 46.0 Å². The molecular formula is C12H20O2. The molecule has 0 saturated heterocycles. The first-order valence-electron chi connectivity index (χ1n) is 5.58. The Bertz CT molecular complexity index is 208. The van der Waals surface area contributed by atoms with Crippen LogP contribution < -0.4 is 0 Å². The number of ether oxygens (including phenoxy) is 1. The van der Waals surface area contributed by atoms with Crippen LogP contribution in [0, 0.1) is 5.92 Å². The second-order valence-electron chi connectivity index (χ2n) is 3.96.